The number of rotatable bonds is 10. The van der Waals surface area contributed by atoms with Gasteiger partial charge in [-0.1, -0.05) is 13.8 Å². The standard InChI is InChI=1S/C12H20F2N2O3S2/c1-9(2)15-6-10-5-11(8-20-10)21(17,18)16-3-4-19-7-12(13)14/h5,8-9,12,15-16H,3-4,6-7H2,1-2H3. The zero-order chi connectivity index (χ0) is 15.9. The Balaban J connectivity index is 2.43. The highest BCUT2D eigenvalue weighted by molar-refractivity contribution is 7.89. The Hall–Kier alpha value is -0.610. The molecular weight excluding hydrogens is 322 g/mol. The fourth-order valence-corrected chi connectivity index (χ4v) is 3.64. The summed E-state index contributed by atoms with van der Waals surface area (Å²) in [5.74, 6) is 0. The van der Waals surface area contributed by atoms with Crippen LogP contribution in [0, 0.1) is 0 Å². The van der Waals surface area contributed by atoms with Gasteiger partial charge in [-0.15, -0.1) is 11.3 Å². The maximum atomic E-state index is 12.0. The van der Waals surface area contributed by atoms with Crippen LogP contribution in [-0.2, 0) is 21.3 Å². The predicted octanol–water partition coefficient (Wildman–Crippen LogP) is 1.81. The van der Waals surface area contributed by atoms with Crippen LogP contribution in [0.3, 0.4) is 0 Å². The number of nitrogens with one attached hydrogen (secondary N) is 2. The average molecular weight is 342 g/mol. The molecule has 1 aromatic rings. The molecule has 0 radical (unpaired) electrons. The van der Waals surface area contributed by atoms with Gasteiger partial charge in [0.2, 0.25) is 10.0 Å². The van der Waals surface area contributed by atoms with Gasteiger partial charge in [0.05, 0.1) is 11.5 Å². The van der Waals surface area contributed by atoms with Gasteiger partial charge in [0.15, 0.2) is 0 Å². The highest BCUT2D eigenvalue weighted by atomic mass is 32.2. The molecule has 0 aliphatic rings. The predicted molar refractivity (Wildman–Crippen MR) is 78.3 cm³/mol. The van der Waals surface area contributed by atoms with E-state index in [0.29, 0.717) is 12.6 Å². The number of hydrogen-bond donors (Lipinski definition) is 2. The summed E-state index contributed by atoms with van der Waals surface area (Å²) < 4.78 is 54.5. The van der Waals surface area contributed by atoms with Crippen molar-refractivity contribution in [2.24, 2.45) is 0 Å². The molecule has 2 N–H and O–H groups in total. The second-order valence-corrected chi connectivity index (χ2v) is 7.41. The molecule has 0 saturated heterocycles. The zero-order valence-corrected chi connectivity index (χ0v) is 13.6. The number of sulfonamides is 1. The Morgan fingerprint density at radius 2 is 2.10 bits per heavy atom. The molecule has 0 bridgehead atoms. The maximum Gasteiger partial charge on any atom is 0.261 e. The van der Waals surface area contributed by atoms with Gasteiger partial charge in [0.1, 0.15) is 6.61 Å². The van der Waals surface area contributed by atoms with Gasteiger partial charge in [-0.25, -0.2) is 21.9 Å². The lowest BCUT2D eigenvalue weighted by Gasteiger charge is -2.06. The minimum absolute atomic E-state index is 0.0372. The van der Waals surface area contributed by atoms with Gasteiger partial charge in [-0.3, -0.25) is 0 Å². The second-order valence-electron chi connectivity index (χ2n) is 4.65. The lowest BCUT2D eigenvalue weighted by molar-refractivity contribution is 0.0199. The molecule has 0 atom stereocenters. The van der Waals surface area contributed by atoms with E-state index in [1.165, 1.54) is 11.3 Å². The molecule has 0 saturated carbocycles. The van der Waals surface area contributed by atoms with Gasteiger partial charge in [-0.2, -0.15) is 0 Å². The largest absolute Gasteiger partial charge is 0.374 e. The Bertz CT molecular complexity index is 518. The van der Waals surface area contributed by atoms with Crippen LogP contribution in [0.25, 0.3) is 0 Å². The van der Waals surface area contributed by atoms with Crippen molar-refractivity contribution in [1.82, 2.24) is 10.0 Å². The number of hydrogen-bond acceptors (Lipinski definition) is 5. The van der Waals surface area contributed by atoms with E-state index in [2.05, 4.69) is 14.8 Å². The molecule has 0 fully saturated rings. The molecule has 0 spiro atoms. The third-order valence-corrected chi connectivity index (χ3v) is 4.93. The maximum absolute atomic E-state index is 12.0. The van der Waals surface area contributed by atoms with Crippen molar-refractivity contribution in [2.45, 2.75) is 37.8 Å². The van der Waals surface area contributed by atoms with Crippen molar-refractivity contribution in [3.05, 3.63) is 16.3 Å². The molecular formula is C12H20F2N2O3S2. The van der Waals surface area contributed by atoms with Gasteiger partial charge < -0.3 is 10.1 Å². The molecule has 0 amide bonds. The highest BCUT2D eigenvalue weighted by Crippen LogP contribution is 2.19. The van der Waals surface area contributed by atoms with Crippen molar-refractivity contribution < 1.29 is 21.9 Å². The summed E-state index contributed by atoms with van der Waals surface area (Å²) in [6, 6.07) is 1.92. The molecule has 1 rings (SSSR count). The van der Waals surface area contributed by atoms with Crippen molar-refractivity contribution in [3.8, 4) is 0 Å². The Labute approximate surface area is 127 Å². The topological polar surface area (TPSA) is 67.4 Å². The quantitative estimate of drug-likeness (QED) is 0.637. The normalized spacial score (nSPS) is 12.5. The molecule has 122 valence electrons. The number of alkyl halides is 2. The van der Waals surface area contributed by atoms with Crippen LogP contribution in [0.2, 0.25) is 0 Å². The van der Waals surface area contributed by atoms with E-state index in [0.717, 1.165) is 4.88 Å². The van der Waals surface area contributed by atoms with Crippen molar-refractivity contribution in [2.75, 3.05) is 19.8 Å². The van der Waals surface area contributed by atoms with E-state index in [-0.39, 0.29) is 18.0 Å². The first kappa shape index (κ1) is 18.4. The lowest BCUT2D eigenvalue weighted by Crippen LogP contribution is -2.27. The number of halogens is 2. The first-order valence-corrected chi connectivity index (χ1v) is 8.84. The summed E-state index contributed by atoms with van der Waals surface area (Å²) in [5.41, 5.74) is 0. The van der Waals surface area contributed by atoms with E-state index >= 15 is 0 Å². The summed E-state index contributed by atoms with van der Waals surface area (Å²) in [6.45, 7) is 3.80. The van der Waals surface area contributed by atoms with Gasteiger partial charge in [-0.05, 0) is 6.07 Å². The van der Waals surface area contributed by atoms with Crippen molar-refractivity contribution >= 4 is 21.4 Å². The summed E-state index contributed by atoms with van der Waals surface area (Å²) in [5, 5.41) is 4.76. The van der Waals surface area contributed by atoms with Crippen molar-refractivity contribution in [1.29, 1.82) is 0 Å². The molecule has 1 heterocycles. The van der Waals surface area contributed by atoms with Crippen molar-refractivity contribution in [3.63, 3.8) is 0 Å². The summed E-state index contributed by atoms with van der Waals surface area (Å²) >= 11 is 1.35. The minimum atomic E-state index is -3.61. The van der Waals surface area contributed by atoms with E-state index in [1.807, 2.05) is 13.8 Å². The molecule has 0 aliphatic carbocycles. The monoisotopic (exact) mass is 342 g/mol. The van der Waals surface area contributed by atoms with Crippen LogP contribution < -0.4 is 10.0 Å². The average Bonchev–Trinajstić information content (AvgIpc) is 2.85. The lowest BCUT2D eigenvalue weighted by atomic mass is 10.4. The molecule has 0 aliphatic heterocycles. The first-order valence-electron chi connectivity index (χ1n) is 6.47. The van der Waals surface area contributed by atoms with Gasteiger partial charge in [0, 0.05) is 29.4 Å². The van der Waals surface area contributed by atoms with Crippen LogP contribution in [0.4, 0.5) is 8.78 Å². The van der Waals surface area contributed by atoms with Crippen LogP contribution in [0.5, 0.6) is 0 Å². The van der Waals surface area contributed by atoms with Crippen LogP contribution in [0.1, 0.15) is 18.7 Å². The molecule has 9 heteroatoms. The van der Waals surface area contributed by atoms with E-state index in [9.17, 15) is 17.2 Å². The molecule has 21 heavy (non-hydrogen) atoms. The Morgan fingerprint density at radius 1 is 1.38 bits per heavy atom. The summed E-state index contributed by atoms with van der Waals surface area (Å²) in [6.07, 6.45) is -2.55. The van der Waals surface area contributed by atoms with E-state index in [4.69, 9.17) is 0 Å². The van der Waals surface area contributed by atoms with E-state index < -0.39 is 23.1 Å². The Morgan fingerprint density at radius 3 is 2.71 bits per heavy atom. The van der Waals surface area contributed by atoms with Crippen LogP contribution in [-0.4, -0.2) is 40.6 Å². The molecule has 1 aromatic heterocycles. The smallest absolute Gasteiger partial charge is 0.261 e. The van der Waals surface area contributed by atoms with Crippen LogP contribution in [0.15, 0.2) is 16.3 Å². The fourth-order valence-electron chi connectivity index (χ4n) is 1.40. The molecule has 0 unspecified atom stereocenters. The van der Waals surface area contributed by atoms with Crippen LogP contribution >= 0.6 is 11.3 Å². The SMILES string of the molecule is CC(C)NCc1cc(S(=O)(=O)NCCOCC(F)F)cs1. The fraction of sp³-hybridized carbons (Fsp3) is 0.667. The third kappa shape index (κ3) is 7.28. The number of thiophene rings is 1. The van der Waals surface area contributed by atoms with E-state index in [1.54, 1.807) is 11.4 Å². The molecule has 5 nitrogen and oxygen atoms in total. The Kier molecular flexibility index (Phi) is 7.67. The zero-order valence-electron chi connectivity index (χ0n) is 11.9. The highest BCUT2D eigenvalue weighted by Gasteiger charge is 2.15. The first-order chi connectivity index (χ1) is 9.81. The molecule has 0 aromatic carbocycles. The van der Waals surface area contributed by atoms with Gasteiger partial charge in [0.25, 0.3) is 6.43 Å². The third-order valence-electron chi connectivity index (χ3n) is 2.41. The summed E-state index contributed by atoms with van der Waals surface area (Å²) in [4.78, 5) is 1.10. The number of ether oxygens (including phenoxy) is 1. The summed E-state index contributed by atoms with van der Waals surface area (Å²) in [7, 11) is -3.61. The second kappa shape index (κ2) is 8.74. The minimum Gasteiger partial charge on any atom is -0.374 e. The van der Waals surface area contributed by atoms with Gasteiger partial charge >= 0.3 is 0 Å².